The SMILES string of the molecule is CC/C=C/C/C=C/C/C=C/CCCCCCCC(=O)OC[C@H](CO)OC(=O)CCCCCCCCCCC/C=C/C/C=C/CCCCC. The summed E-state index contributed by atoms with van der Waals surface area (Å²) in [5.41, 5.74) is 0. The second-order valence-corrected chi connectivity index (χ2v) is 13.0. The van der Waals surface area contributed by atoms with Gasteiger partial charge in [-0.2, -0.15) is 0 Å². The second kappa shape index (κ2) is 39.0. The molecule has 0 aromatic rings. The van der Waals surface area contributed by atoms with Gasteiger partial charge < -0.3 is 14.6 Å². The van der Waals surface area contributed by atoms with Crippen LogP contribution >= 0.6 is 0 Å². The van der Waals surface area contributed by atoms with Crippen LogP contribution in [0.2, 0.25) is 0 Å². The Hall–Kier alpha value is -2.40. The first-order valence-electron chi connectivity index (χ1n) is 19.8. The fraction of sp³-hybridized carbons (Fsp3) is 0.721. The first-order valence-corrected chi connectivity index (χ1v) is 19.8. The topological polar surface area (TPSA) is 72.8 Å². The van der Waals surface area contributed by atoms with Gasteiger partial charge >= 0.3 is 11.9 Å². The Bertz CT molecular complexity index is 853. The summed E-state index contributed by atoms with van der Waals surface area (Å²) < 4.78 is 10.6. The highest BCUT2D eigenvalue weighted by molar-refractivity contribution is 5.70. The predicted octanol–water partition coefficient (Wildman–Crippen LogP) is 12.4. The quantitative estimate of drug-likeness (QED) is 0.0413. The number of carbonyl (C=O) groups is 2. The molecule has 0 unspecified atom stereocenters. The third kappa shape index (κ3) is 36.4. The molecule has 1 N–H and O–H groups in total. The molecular formula is C43H74O5. The molecule has 0 bridgehead atoms. The molecular weight excluding hydrogens is 596 g/mol. The Morgan fingerprint density at radius 2 is 0.896 bits per heavy atom. The number of esters is 2. The molecule has 0 aliphatic carbocycles. The molecule has 0 heterocycles. The summed E-state index contributed by atoms with van der Waals surface area (Å²) in [5.74, 6) is -0.618. The molecule has 0 aromatic heterocycles. The van der Waals surface area contributed by atoms with Gasteiger partial charge in [0.05, 0.1) is 6.61 Å². The van der Waals surface area contributed by atoms with Crippen molar-refractivity contribution in [3.05, 3.63) is 60.8 Å². The largest absolute Gasteiger partial charge is 0.462 e. The summed E-state index contributed by atoms with van der Waals surface area (Å²) in [7, 11) is 0. The van der Waals surface area contributed by atoms with Crippen LogP contribution in [-0.2, 0) is 19.1 Å². The van der Waals surface area contributed by atoms with Crippen molar-refractivity contribution in [3.63, 3.8) is 0 Å². The molecule has 0 spiro atoms. The van der Waals surface area contributed by atoms with Gasteiger partial charge in [-0.25, -0.2) is 0 Å². The summed E-state index contributed by atoms with van der Waals surface area (Å²) in [4.78, 5) is 24.3. The fourth-order valence-electron chi connectivity index (χ4n) is 5.30. The van der Waals surface area contributed by atoms with Crippen molar-refractivity contribution in [2.75, 3.05) is 13.2 Å². The number of unbranched alkanes of at least 4 members (excludes halogenated alkanes) is 17. The minimum absolute atomic E-state index is 0.0785. The standard InChI is InChI=1S/C43H74O5/c1-3-5-7-9-11-13-15-17-19-20-21-22-24-26-28-30-32-34-36-38-43(46)48-41(39-44)40-47-42(45)37-35-33-31-29-27-25-23-18-16-14-12-10-8-6-4-2/h6,8,11-14,17-19,23,41,44H,3-5,7,9-10,15-16,20-22,24-40H2,1-2H3/b8-6+,13-11+,14-12+,19-17+,23-18+/t41-/m0/s1. The monoisotopic (exact) mass is 671 g/mol. The summed E-state index contributed by atoms with van der Waals surface area (Å²) in [6.07, 6.45) is 49.9. The van der Waals surface area contributed by atoms with Gasteiger partial charge in [0.25, 0.3) is 0 Å². The zero-order valence-corrected chi connectivity index (χ0v) is 31.2. The van der Waals surface area contributed by atoms with Crippen molar-refractivity contribution in [1.29, 1.82) is 0 Å². The Balaban J connectivity index is 3.59. The zero-order chi connectivity index (χ0) is 35.0. The molecule has 0 amide bonds. The van der Waals surface area contributed by atoms with E-state index in [2.05, 4.69) is 74.6 Å². The van der Waals surface area contributed by atoms with Crippen LogP contribution in [0.3, 0.4) is 0 Å². The van der Waals surface area contributed by atoms with E-state index in [4.69, 9.17) is 9.47 Å². The average Bonchev–Trinajstić information content (AvgIpc) is 3.09. The second-order valence-electron chi connectivity index (χ2n) is 13.0. The predicted molar refractivity (Wildman–Crippen MR) is 205 cm³/mol. The van der Waals surface area contributed by atoms with Crippen molar-refractivity contribution >= 4 is 11.9 Å². The molecule has 0 fully saturated rings. The van der Waals surface area contributed by atoms with Crippen molar-refractivity contribution < 1.29 is 24.2 Å². The normalized spacial score (nSPS) is 12.8. The number of carbonyl (C=O) groups excluding carboxylic acids is 2. The van der Waals surface area contributed by atoms with Crippen LogP contribution in [-0.4, -0.2) is 36.4 Å². The summed E-state index contributed by atoms with van der Waals surface area (Å²) in [6, 6.07) is 0. The maximum atomic E-state index is 12.2. The van der Waals surface area contributed by atoms with E-state index in [0.29, 0.717) is 12.8 Å². The lowest BCUT2D eigenvalue weighted by molar-refractivity contribution is -0.161. The maximum absolute atomic E-state index is 12.2. The van der Waals surface area contributed by atoms with E-state index in [9.17, 15) is 14.7 Å². The van der Waals surface area contributed by atoms with Crippen LogP contribution in [0.15, 0.2) is 60.8 Å². The van der Waals surface area contributed by atoms with Crippen LogP contribution in [0.4, 0.5) is 0 Å². The summed E-state index contributed by atoms with van der Waals surface area (Å²) >= 11 is 0. The molecule has 5 heteroatoms. The zero-order valence-electron chi connectivity index (χ0n) is 31.2. The van der Waals surface area contributed by atoms with Crippen molar-refractivity contribution in [1.82, 2.24) is 0 Å². The smallest absolute Gasteiger partial charge is 0.306 e. The molecule has 0 aliphatic rings. The molecule has 0 aliphatic heterocycles. The number of aliphatic hydroxyl groups is 1. The Labute approximate surface area is 296 Å². The van der Waals surface area contributed by atoms with E-state index in [1.54, 1.807) is 0 Å². The van der Waals surface area contributed by atoms with Gasteiger partial charge in [0.1, 0.15) is 6.61 Å². The van der Waals surface area contributed by atoms with E-state index in [-0.39, 0.29) is 25.2 Å². The summed E-state index contributed by atoms with van der Waals surface area (Å²) in [6.45, 7) is 3.98. The molecule has 0 saturated heterocycles. The van der Waals surface area contributed by atoms with Gasteiger partial charge in [-0.15, -0.1) is 0 Å². The molecule has 5 nitrogen and oxygen atoms in total. The minimum Gasteiger partial charge on any atom is -0.462 e. The first-order chi connectivity index (χ1) is 23.6. The summed E-state index contributed by atoms with van der Waals surface area (Å²) in [5, 5.41) is 9.55. The molecule has 0 aromatic carbocycles. The van der Waals surface area contributed by atoms with Crippen LogP contribution in [0.1, 0.15) is 181 Å². The number of allylic oxidation sites excluding steroid dienone is 10. The fourth-order valence-corrected chi connectivity index (χ4v) is 5.30. The maximum Gasteiger partial charge on any atom is 0.306 e. The highest BCUT2D eigenvalue weighted by Crippen LogP contribution is 2.13. The van der Waals surface area contributed by atoms with Crippen LogP contribution < -0.4 is 0 Å². The lowest BCUT2D eigenvalue weighted by Crippen LogP contribution is -2.28. The number of aliphatic hydroxyl groups excluding tert-OH is 1. The third-order valence-electron chi connectivity index (χ3n) is 8.30. The van der Waals surface area contributed by atoms with E-state index >= 15 is 0 Å². The highest BCUT2D eigenvalue weighted by atomic mass is 16.6. The van der Waals surface area contributed by atoms with Gasteiger partial charge in [-0.05, 0) is 77.0 Å². The van der Waals surface area contributed by atoms with Crippen molar-refractivity contribution in [3.8, 4) is 0 Å². The first kappa shape index (κ1) is 45.6. The van der Waals surface area contributed by atoms with Crippen LogP contribution in [0, 0.1) is 0 Å². The van der Waals surface area contributed by atoms with E-state index in [1.807, 2.05) is 0 Å². The third-order valence-corrected chi connectivity index (χ3v) is 8.30. The number of rotatable bonds is 35. The van der Waals surface area contributed by atoms with E-state index in [1.165, 1.54) is 77.0 Å². The van der Waals surface area contributed by atoms with Gasteiger partial charge in [0.15, 0.2) is 6.10 Å². The number of hydrogen-bond acceptors (Lipinski definition) is 5. The molecule has 0 rings (SSSR count). The van der Waals surface area contributed by atoms with E-state index in [0.717, 1.165) is 77.0 Å². The molecule has 276 valence electrons. The van der Waals surface area contributed by atoms with E-state index < -0.39 is 6.10 Å². The number of hydrogen-bond donors (Lipinski definition) is 1. The molecule has 0 saturated carbocycles. The van der Waals surface area contributed by atoms with Crippen LogP contribution in [0.5, 0.6) is 0 Å². The van der Waals surface area contributed by atoms with Crippen LogP contribution in [0.25, 0.3) is 0 Å². The van der Waals surface area contributed by atoms with Gasteiger partial charge in [-0.3, -0.25) is 9.59 Å². The van der Waals surface area contributed by atoms with Gasteiger partial charge in [0, 0.05) is 12.8 Å². The highest BCUT2D eigenvalue weighted by Gasteiger charge is 2.16. The number of ether oxygens (including phenoxy) is 2. The molecule has 1 atom stereocenters. The molecule has 48 heavy (non-hydrogen) atoms. The van der Waals surface area contributed by atoms with Gasteiger partial charge in [0.2, 0.25) is 0 Å². The Kier molecular flexibility index (Phi) is 37.1. The Morgan fingerprint density at radius 1 is 0.500 bits per heavy atom. The lowest BCUT2D eigenvalue weighted by Gasteiger charge is -2.15. The van der Waals surface area contributed by atoms with Crippen molar-refractivity contribution in [2.24, 2.45) is 0 Å². The average molecular weight is 671 g/mol. The van der Waals surface area contributed by atoms with Gasteiger partial charge in [-0.1, -0.05) is 152 Å². The minimum atomic E-state index is -0.782. The Morgan fingerprint density at radius 3 is 1.35 bits per heavy atom. The molecule has 0 radical (unpaired) electrons. The lowest BCUT2D eigenvalue weighted by atomic mass is 10.1. The van der Waals surface area contributed by atoms with Crippen molar-refractivity contribution in [2.45, 2.75) is 187 Å².